The first-order valence-corrected chi connectivity index (χ1v) is 4.97. The number of halogens is 1. The molecule has 0 fully saturated rings. The van der Waals surface area contributed by atoms with Gasteiger partial charge < -0.3 is 10.5 Å². The molecule has 0 aliphatic heterocycles. The standard InChI is InChI=1S/C9H10BrNOS/c1-6-2-3-7(10)4-8(6)12-5-9(11)13/h2-4H,5H2,1H3,(H2,11,13). The highest BCUT2D eigenvalue weighted by molar-refractivity contribution is 9.10. The van der Waals surface area contributed by atoms with Gasteiger partial charge >= 0.3 is 0 Å². The smallest absolute Gasteiger partial charge is 0.138 e. The van der Waals surface area contributed by atoms with Gasteiger partial charge in [0.1, 0.15) is 17.3 Å². The van der Waals surface area contributed by atoms with Crippen LogP contribution in [0.4, 0.5) is 0 Å². The monoisotopic (exact) mass is 259 g/mol. The van der Waals surface area contributed by atoms with Gasteiger partial charge in [0.05, 0.1) is 0 Å². The lowest BCUT2D eigenvalue weighted by Gasteiger charge is -2.07. The van der Waals surface area contributed by atoms with E-state index in [0.717, 1.165) is 15.8 Å². The van der Waals surface area contributed by atoms with Gasteiger partial charge in [-0.2, -0.15) is 0 Å². The van der Waals surface area contributed by atoms with Crippen LogP contribution in [0.25, 0.3) is 0 Å². The Morgan fingerprint density at radius 1 is 1.62 bits per heavy atom. The summed E-state index contributed by atoms with van der Waals surface area (Å²) in [6.07, 6.45) is 0. The van der Waals surface area contributed by atoms with E-state index in [1.54, 1.807) is 0 Å². The Balaban J connectivity index is 2.75. The van der Waals surface area contributed by atoms with Gasteiger partial charge in [0.25, 0.3) is 0 Å². The van der Waals surface area contributed by atoms with Crippen LogP contribution in [-0.2, 0) is 0 Å². The highest BCUT2D eigenvalue weighted by Crippen LogP contribution is 2.22. The van der Waals surface area contributed by atoms with Crippen molar-refractivity contribution in [2.45, 2.75) is 6.92 Å². The van der Waals surface area contributed by atoms with Crippen molar-refractivity contribution in [2.75, 3.05) is 6.61 Å². The van der Waals surface area contributed by atoms with Crippen LogP contribution in [0.15, 0.2) is 22.7 Å². The number of nitrogens with two attached hydrogens (primary N) is 1. The van der Waals surface area contributed by atoms with E-state index in [1.165, 1.54) is 0 Å². The molecule has 70 valence electrons. The maximum absolute atomic E-state index is 5.38. The van der Waals surface area contributed by atoms with Gasteiger partial charge in [-0.05, 0) is 24.6 Å². The van der Waals surface area contributed by atoms with Crippen molar-refractivity contribution in [3.63, 3.8) is 0 Å². The molecule has 0 aliphatic rings. The molecular formula is C9H10BrNOS. The van der Waals surface area contributed by atoms with Crippen molar-refractivity contribution >= 4 is 33.1 Å². The molecule has 1 aromatic rings. The molecule has 4 heteroatoms. The highest BCUT2D eigenvalue weighted by atomic mass is 79.9. The molecule has 0 atom stereocenters. The van der Waals surface area contributed by atoms with Crippen molar-refractivity contribution in [2.24, 2.45) is 5.73 Å². The van der Waals surface area contributed by atoms with E-state index >= 15 is 0 Å². The normalized spacial score (nSPS) is 9.69. The van der Waals surface area contributed by atoms with Crippen LogP contribution in [0.2, 0.25) is 0 Å². The number of hydrogen-bond donors (Lipinski definition) is 1. The summed E-state index contributed by atoms with van der Waals surface area (Å²) in [5.74, 6) is 0.808. The summed E-state index contributed by atoms with van der Waals surface area (Å²) >= 11 is 8.07. The summed E-state index contributed by atoms with van der Waals surface area (Å²) in [5, 5.41) is 0. The number of ether oxygens (including phenoxy) is 1. The van der Waals surface area contributed by atoms with Crippen molar-refractivity contribution in [3.8, 4) is 5.75 Å². The zero-order valence-electron chi connectivity index (χ0n) is 7.21. The molecule has 2 nitrogen and oxygen atoms in total. The van der Waals surface area contributed by atoms with Gasteiger partial charge in [0.2, 0.25) is 0 Å². The quantitative estimate of drug-likeness (QED) is 0.848. The maximum atomic E-state index is 5.38. The SMILES string of the molecule is Cc1ccc(Br)cc1OCC(N)=S. The third kappa shape index (κ3) is 3.32. The molecule has 2 N–H and O–H groups in total. The lowest BCUT2D eigenvalue weighted by molar-refractivity contribution is 0.374. The third-order valence-electron chi connectivity index (χ3n) is 1.52. The first kappa shape index (κ1) is 10.5. The third-order valence-corrected chi connectivity index (χ3v) is 2.13. The summed E-state index contributed by atoms with van der Waals surface area (Å²) < 4.78 is 6.37. The molecule has 0 saturated heterocycles. The minimum Gasteiger partial charge on any atom is -0.486 e. The molecule has 0 unspecified atom stereocenters. The van der Waals surface area contributed by atoms with E-state index in [-0.39, 0.29) is 6.61 Å². The predicted octanol–water partition coefficient (Wildman–Crippen LogP) is 2.42. The molecule has 0 bridgehead atoms. The first-order valence-electron chi connectivity index (χ1n) is 3.77. The van der Waals surface area contributed by atoms with E-state index in [0.29, 0.717) is 4.99 Å². The van der Waals surface area contributed by atoms with Gasteiger partial charge in [0, 0.05) is 4.47 Å². The Kier molecular flexibility index (Phi) is 3.69. The van der Waals surface area contributed by atoms with E-state index < -0.39 is 0 Å². The molecule has 1 rings (SSSR count). The Labute approximate surface area is 91.2 Å². The van der Waals surface area contributed by atoms with E-state index in [9.17, 15) is 0 Å². The molecule has 13 heavy (non-hydrogen) atoms. The molecule has 0 aromatic heterocycles. The van der Waals surface area contributed by atoms with Gasteiger partial charge in [-0.15, -0.1) is 0 Å². The average Bonchev–Trinajstić information content (AvgIpc) is 2.06. The van der Waals surface area contributed by atoms with Gasteiger partial charge in [-0.25, -0.2) is 0 Å². The number of benzene rings is 1. The van der Waals surface area contributed by atoms with Crippen LogP contribution in [0.5, 0.6) is 5.75 Å². The van der Waals surface area contributed by atoms with Gasteiger partial charge in [-0.3, -0.25) is 0 Å². The summed E-state index contributed by atoms with van der Waals surface area (Å²) in [7, 11) is 0. The average molecular weight is 260 g/mol. The van der Waals surface area contributed by atoms with Crippen LogP contribution in [0.3, 0.4) is 0 Å². The minimum absolute atomic E-state index is 0.284. The zero-order valence-corrected chi connectivity index (χ0v) is 9.61. The molecule has 0 amide bonds. The molecule has 0 radical (unpaired) electrons. The second kappa shape index (κ2) is 4.58. The van der Waals surface area contributed by atoms with Crippen molar-refractivity contribution in [3.05, 3.63) is 28.2 Å². The minimum atomic E-state index is 0.284. The summed E-state index contributed by atoms with van der Waals surface area (Å²) in [4.78, 5) is 0.361. The Bertz CT molecular complexity index is 327. The van der Waals surface area contributed by atoms with E-state index in [2.05, 4.69) is 15.9 Å². The number of hydrogen-bond acceptors (Lipinski definition) is 2. The van der Waals surface area contributed by atoms with Crippen molar-refractivity contribution in [1.29, 1.82) is 0 Å². The topological polar surface area (TPSA) is 35.2 Å². The number of aryl methyl sites for hydroxylation is 1. The van der Waals surface area contributed by atoms with Crippen LogP contribution in [0, 0.1) is 6.92 Å². The van der Waals surface area contributed by atoms with Crippen molar-refractivity contribution in [1.82, 2.24) is 0 Å². The molecule has 0 aliphatic carbocycles. The lowest BCUT2D eigenvalue weighted by atomic mass is 10.2. The maximum Gasteiger partial charge on any atom is 0.138 e. The van der Waals surface area contributed by atoms with Crippen LogP contribution in [0.1, 0.15) is 5.56 Å². The first-order chi connectivity index (χ1) is 6.09. The number of thiocarbonyl (C=S) groups is 1. The van der Waals surface area contributed by atoms with E-state index in [4.69, 9.17) is 22.7 Å². The van der Waals surface area contributed by atoms with Gasteiger partial charge in [0.15, 0.2) is 0 Å². The number of rotatable bonds is 3. The van der Waals surface area contributed by atoms with Crippen LogP contribution < -0.4 is 10.5 Å². The Morgan fingerprint density at radius 2 is 2.31 bits per heavy atom. The van der Waals surface area contributed by atoms with Crippen LogP contribution in [-0.4, -0.2) is 11.6 Å². The molecule has 0 heterocycles. The highest BCUT2D eigenvalue weighted by Gasteiger charge is 2.00. The Morgan fingerprint density at radius 3 is 2.92 bits per heavy atom. The molecular weight excluding hydrogens is 250 g/mol. The second-order valence-electron chi connectivity index (χ2n) is 2.66. The summed E-state index contributed by atoms with van der Waals surface area (Å²) in [6, 6.07) is 5.83. The summed E-state index contributed by atoms with van der Waals surface area (Å²) in [6.45, 7) is 2.26. The fourth-order valence-corrected chi connectivity index (χ4v) is 1.28. The molecule has 1 aromatic carbocycles. The predicted molar refractivity (Wildman–Crippen MR) is 61.2 cm³/mol. The zero-order chi connectivity index (χ0) is 9.84. The van der Waals surface area contributed by atoms with Crippen molar-refractivity contribution < 1.29 is 4.74 Å². The molecule has 0 spiro atoms. The lowest BCUT2D eigenvalue weighted by Crippen LogP contribution is -2.18. The fraction of sp³-hybridized carbons (Fsp3) is 0.222. The van der Waals surface area contributed by atoms with E-state index in [1.807, 2.05) is 25.1 Å². The Hall–Kier alpha value is -0.610. The van der Waals surface area contributed by atoms with Gasteiger partial charge in [-0.1, -0.05) is 34.2 Å². The second-order valence-corrected chi connectivity index (χ2v) is 4.10. The molecule has 0 saturated carbocycles. The fourth-order valence-electron chi connectivity index (χ4n) is 0.878. The van der Waals surface area contributed by atoms with Crippen LogP contribution >= 0.6 is 28.1 Å². The largest absolute Gasteiger partial charge is 0.486 e. The summed E-state index contributed by atoms with van der Waals surface area (Å²) in [5.41, 5.74) is 6.39.